The molecule has 8 heteroatoms. The van der Waals surface area contributed by atoms with Gasteiger partial charge in [0.2, 0.25) is 5.91 Å². The molecule has 2 aliphatic rings. The predicted octanol–water partition coefficient (Wildman–Crippen LogP) is 0.872. The second-order valence-corrected chi connectivity index (χ2v) is 8.41. The highest BCUT2D eigenvalue weighted by molar-refractivity contribution is 6.00. The highest BCUT2D eigenvalue weighted by Gasteiger charge is 2.67. The first-order valence-corrected chi connectivity index (χ1v) is 9.20. The molecule has 2 aliphatic heterocycles. The Kier molecular flexibility index (Phi) is 5.56. The minimum absolute atomic E-state index is 0.0954. The summed E-state index contributed by atoms with van der Waals surface area (Å²) in [7, 11) is 0. The second-order valence-electron chi connectivity index (χ2n) is 8.41. The number of aliphatic hydroxyl groups is 1. The lowest BCUT2D eigenvalue weighted by Crippen LogP contribution is -2.81. The fourth-order valence-electron chi connectivity index (χ4n) is 3.90. The van der Waals surface area contributed by atoms with Gasteiger partial charge in [0.15, 0.2) is 0 Å². The summed E-state index contributed by atoms with van der Waals surface area (Å²) in [5.41, 5.74) is -1.63. The van der Waals surface area contributed by atoms with Crippen molar-refractivity contribution < 1.29 is 24.2 Å². The molecule has 2 rings (SSSR count). The van der Waals surface area contributed by atoms with E-state index in [1.807, 2.05) is 20.8 Å². The van der Waals surface area contributed by atoms with E-state index in [9.17, 15) is 19.5 Å². The number of amides is 3. The Morgan fingerprint density at radius 2 is 2.00 bits per heavy atom. The van der Waals surface area contributed by atoms with E-state index in [0.29, 0.717) is 19.4 Å². The van der Waals surface area contributed by atoms with Gasteiger partial charge in [-0.2, -0.15) is 0 Å². The van der Waals surface area contributed by atoms with Gasteiger partial charge in [-0.15, -0.1) is 0 Å². The molecule has 0 aromatic carbocycles. The smallest absolute Gasteiger partial charge is 0.411 e. The fraction of sp³-hybridized carbons (Fsp3) is 0.833. The van der Waals surface area contributed by atoms with E-state index >= 15 is 0 Å². The van der Waals surface area contributed by atoms with Crippen LogP contribution in [-0.4, -0.2) is 75.2 Å². The monoisotopic (exact) mass is 369 g/mol. The Morgan fingerprint density at radius 3 is 2.46 bits per heavy atom. The quantitative estimate of drug-likeness (QED) is 0.717. The number of carbonyl (C=O) groups is 3. The highest BCUT2D eigenvalue weighted by Crippen LogP contribution is 2.45. The van der Waals surface area contributed by atoms with Crippen molar-refractivity contribution in [3.8, 4) is 0 Å². The van der Waals surface area contributed by atoms with Gasteiger partial charge >= 0.3 is 6.09 Å². The van der Waals surface area contributed by atoms with Crippen LogP contribution in [0, 0.1) is 0 Å². The second kappa shape index (κ2) is 7.06. The van der Waals surface area contributed by atoms with Crippen LogP contribution in [0.1, 0.15) is 54.4 Å². The van der Waals surface area contributed by atoms with Gasteiger partial charge in [-0.05, 0) is 54.4 Å². The van der Waals surface area contributed by atoms with Crippen LogP contribution in [0.15, 0.2) is 0 Å². The van der Waals surface area contributed by atoms with Gasteiger partial charge in [-0.1, -0.05) is 0 Å². The van der Waals surface area contributed by atoms with Gasteiger partial charge in [-0.25, -0.2) is 4.79 Å². The van der Waals surface area contributed by atoms with Crippen LogP contribution in [0.5, 0.6) is 0 Å². The van der Waals surface area contributed by atoms with Crippen LogP contribution in [0.2, 0.25) is 0 Å². The molecule has 8 nitrogen and oxygen atoms in total. The Bertz CT molecular complexity index is 586. The maximum Gasteiger partial charge on any atom is 0.411 e. The van der Waals surface area contributed by atoms with Gasteiger partial charge in [0.25, 0.3) is 5.91 Å². The summed E-state index contributed by atoms with van der Waals surface area (Å²) in [5, 5.41) is 12.4. The third-order valence-electron chi connectivity index (χ3n) is 4.99. The van der Waals surface area contributed by atoms with Gasteiger partial charge in [-0.3, -0.25) is 14.5 Å². The summed E-state index contributed by atoms with van der Waals surface area (Å²) >= 11 is 0. The van der Waals surface area contributed by atoms with Gasteiger partial charge < -0.3 is 20.1 Å². The lowest BCUT2D eigenvalue weighted by molar-refractivity contribution is -0.180. The van der Waals surface area contributed by atoms with Crippen LogP contribution >= 0.6 is 0 Å². The van der Waals surface area contributed by atoms with Crippen molar-refractivity contribution in [3.05, 3.63) is 0 Å². The van der Waals surface area contributed by atoms with E-state index in [1.54, 1.807) is 20.8 Å². The molecule has 148 valence electrons. The molecule has 2 fully saturated rings. The Hall–Kier alpha value is -1.83. The van der Waals surface area contributed by atoms with Crippen LogP contribution in [0.3, 0.4) is 0 Å². The Labute approximate surface area is 154 Å². The number of nitrogens with zero attached hydrogens (tertiary/aromatic N) is 2. The summed E-state index contributed by atoms with van der Waals surface area (Å²) in [5.74, 6) is -0.689. The van der Waals surface area contributed by atoms with Crippen LogP contribution in [0.4, 0.5) is 4.79 Å². The number of nitrogens with one attached hydrogen (secondary N) is 1. The van der Waals surface area contributed by atoms with Crippen molar-refractivity contribution >= 4 is 17.9 Å². The molecule has 1 spiro atoms. The summed E-state index contributed by atoms with van der Waals surface area (Å²) in [6, 6.07) is -1.42. The molecule has 26 heavy (non-hydrogen) atoms. The minimum Gasteiger partial charge on any atom is -0.444 e. The maximum absolute atomic E-state index is 13.1. The van der Waals surface area contributed by atoms with E-state index in [4.69, 9.17) is 4.74 Å². The van der Waals surface area contributed by atoms with Crippen molar-refractivity contribution in [2.24, 2.45) is 0 Å². The zero-order valence-corrected chi connectivity index (χ0v) is 16.5. The summed E-state index contributed by atoms with van der Waals surface area (Å²) in [4.78, 5) is 40.9. The third-order valence-corrected chi connectivity index (χ3v) is 4.99. The lowest BCUT2D eigenvalue weighted by atomic mass is 9.76. The summed E-state index contributed by atoms with van der Waals surface area (Å²) in [6.07, 6.45) is 0.722. The van der Waals surface area contributed by atoms with Crippen molar-refractivity contribution in [1.82, 2.24) is 15.1 Å². The number of carbonyl (C=O) groups excluding carboxylic acids is 3. The van der Waals surface area contributed by atoms with Gasteiger partial charge in [0, 0.05) is 12.6 Å². The first kappa shape index (κ1) is 20.5. The van der Waals surface area contributed by atoms with E-state index in [0.717, 1.165) is 0 Å². The Morgan fingerprint density at radius 1 is 1.38 bits per heavy atom. The van der Waals surface area contributed by atoms with E-state index in [-0.39, 0.29) is 23.9 Å². The molecule has 2 saturated heterocycles. The fourth-order valence-corrected chi connectivity index (χ4v) is 3.90. The van der Waals surface area contributed by atoms with Crippen molar-refractivity contribution in [1.29, 1.82) is 0 Å². The van der Waals surface area contributed by atoms with E-state index in [2.05, 4.69) is 5.32 Å². The van der Waals surface area contributed by atoms with Crippen LogP contribution in [0.25, 0.3) is 0 Å². The Balaban J connectivity index is 2.20. The van der Waals surface area contributed by atoms with Crippen molar-refractivity contribution in [2.75, 3.05) is 13.2 Å². The normalized spacial score (nSPS) is 26.9. The molecule has 0 radical (unpaired) electrons. The van der Waals surface area contributed by atoms with Gasteiger partial charge in [0.1, 0.15) is 17.2 Å². The standard InChI is InChI=1S/C18H31N3O5/c1-11(2)19-14(23)13(10-22)21-12(3)18(15(21)24)8-7-9-20(18)16(25)26-17(4,5)6/h11-13,22H,7-10H2,1-6H3,(H,19,23)/t12?,13-,18?/m0/s1. The predicted molar refractivity (Wildman–Crippen MR) is 95.4 cm³/mol. The molecule has 0 aliphatic carbocycles. The molecular formula is C18H31N3O5. The summed E-state index contributed by atoms with van der Waals surface area (Å²) in [6.45, 7) is 10.8. The molecule has 0 bridgehead atoms. The molecular weight excluding hydrogens is 338 g/mol. The number of ether oxygens (including phenoxy) is 1. The molecule has 0 aromatic rings. The van der Waals surface area contributed by atoms with E-state index in [1.165, 1.54) is 9.80 Å². The molecule has 2 unspecified atom stereocenters. The zero-order chi connectivity index (χ0) is 19.9. The zero-order valence-electron chi connectivity index (χ0n) is 16.5. The number of aliphatic hydroxyl groups excluding tert-OH is 1. The largest absolute Gasteiger partial charge is 0.444 e. The van der Waals surface area contributed by atoms with E-state index < -0.39 is 29.9 Å². The first-order chi connectivity index (χ1) is 12.0. The topological polar surface area (TPSA) is 99.2 Å². The number of rotatable bonds is 4. The van der Waals surface area contributed by atoms with Gasteiger partial charge in [0.05, 0.1) is 12.6 Å². The SMILES string of the molecule is CC(C)NC(=O)[C@H](CO)N1C(=O)C2(CCCN2C(=O)OC(C)(C)C)C1C. The molecule has 3 atom stereocenters. The summed E-state index contributed by atoms with van der Waals surface area (Å²) < 4.78 is 5.46. The molecule has 2 N–H and O–H groups in total. The number of hydrogen-bond donors (Lipinski definition) is 2. The maximum atomic E-state index is 13.1. The van der Waals surface area contributed by atoms with Crippen LogP contribution < -0.4 is 5.32 Å². The number of likely N-dealkylation sites (tertiary alicyclic amines) is 2. The lowest BCUT2D eigenvalue weighted by Gasteiger charge is -2.58. The average Bonchev–Trinajstić information content (AvgIpc) is 2.96. The minimum atomic E-state index is -0.978. The third kappa shape index (κ3) is 3.39. The molecule has 0 aromatic heterocycles. The number of β-lactam (4-membered cyclic amide) rings is 1. The first-order valence-electron chi connectivity index (χ1n) is 9.20. The number of hydrogen-bond acceptors (Lipinski definition) is 5. The average molecular weight is 369 g/mol. The van der Waals surface area contributed by atoms with Crippen molar-refractivity contribution in [2.45, 2.75) is 83.6 Å². The highest BCUT2D eigenvalue weighted by atomic mass is 16.6. The molecule has 2 heterocycles. The molecule has 0 saturated carbocycles. The van der Waals surface area contributed by atoms with Crippen LogP contribution in [-0.2, 0) is 14.3 Å². The molecule has 3 amide bonds. The van der Waals surface area contributed by atoms with Crippen molar-refractivity contribution in [3.63, 3.8) is 0 Å².